The highest BCUT2D eigenvalue weighted by Gasteiger charge is 1.96. The Hall–Kier alpha value is -0.160. The van der Waals surface area contributed by atoms with Crippen molar-refractivity contribution in [2.75, 3.05) is 0 Å². The van der Waals surface area contributed by atoms with E-state index in [1.807, 2.05) is 27.7 Å². The average Bonchev–Trinajstić information content (AvgIpc) is 1.79. The molecule has 88 valence electrons. The third-order valence-corrected chi connectivity index (χ3v) is 0.938. The van der Waals surface area contributed by atoms with Crippen LogP contribution >= 0.6 is 0 Å². The lowest BCUT2D eigenvalue weighted by atomic mass is 10.5. The molecular weight excluding hydrogens is 184 g/mol. The van der Waals surface area contributed by atoms with Crippen molar-refractivity contribution in [3.8, 4) is 0 Å². The van der Waals surface area contributed by atoms with Crippen molar-refractivity contribution in [1.29, 1.82) is 0 Å². The van der Waals surface area contributed by atoms with Gasteiger partial charge in [-0.15, -0.1) is 0 Å². The van der Waals surface area contributed by atoms with Crippen LogP contribution in [0.3, 0.4) is 0 Å². The maximum Gasteiger partial charge on any atom is 0.152 e. The number of aliphatic hydroxyl groups excluding tert-OH is 2. The minimum Gasteiger partial charge on any atom is -0.368 e. The molecule has 2 atom stereocenters. The van der Waals surface area contributed by atoms with Crippen molar-refractivity contribution in [1.82, 2.24) is 0 Å². The molecule has 0 aliphatic rings. The van der Waals surface area contributed by atoms with Crippen LogP contribution in [0.25, 0.3) is 0 Å². The van der Waals surface area contributed by atoms with Gasteiger partial charge in [-0.25, -0.2) is 0 Å². The van der Waals surface area contributed by atoms with Crippen LogP contribution in [0.15, 0.2) is 0 Å². The summed E-state index contributed by atoms with van der Waals surface area (Å²) >= 11 is 0. The summed E-state index contributed by atoms with van der Waals surface area (Å²) in [5.74, 6) is 0. The molecule has 0 fully saturated rings. The summed E-state index contributed by atoms with van der Waals surface area (Å²) in [4.78, 5) is 0. The third-order valence-electron chi connectivity index (χ3n) is 0.938. The van der Waals surface area contributed by atoms with Gasteiger partial charge in [0.1, 0.15) is 0 Å². The van der Waals surface area contributed by atoms with E-state index < -0.39 is 12.6 Å². The molecule has 0 heterocycles. The third kappa shape index (κ3) is 22.6. The van der Waals surface area contributed by atoms with Crippen LogP contribution in [0.1, 0.15) is 41.5 Å². The highest BCUT2D eigenvalue weighted by atomic mass is 16.6. The lowest BCUT2D eigenvalue weighted by Gasteiger charge is -2.08. The smallest absolute Gasteiger partial charge is 0.152 e. The number of rotatable bonds is 4. The van der Waals surface area contributed by atoms with Gasteiger partial charge < -0.3 is 19.7 Å². The standard InChI is InChI=1S/2C5H12O2/c2*1-4(2)7-5(3)6/h2*4-6H,1-3H3. The SMILES string of the molecule is CC(C)OC(C)O.CC(C)OC(C)O. The van der Waals surface area contributed by atoms with E-state index in [2.05, 4.69) is 0 Å². The molecule has 0 radical (unpaired) electrons. The second kappa shape index (κ2) is 9.40. The zero-order valence-corrected chi connectivity index (χ0v) is 10.0. The van der Waals surface area contributed by atoms with Crippen molar-refractivity contribution < 1.29 is 19.7 Å². The van der Waals surface area contributed by atoms with Gasteiger partial charge in [-0.1, -0.05) is 0 Å². The first kappa shape index (κ1) is 16.3. The first-order valence-electron chi connectivity index (χ1n) is 4.92. The fourth-order valence-corrected chi connectivity index (χ4v) is 0.788. The Bertz CT molecular complexity index is 84.7. The molecule has 4 heteroatoms. The highest BCUT2D eigenvalue weighted by molar-refractivity contribution is 4.34. The van der Waals surface area contributed by atoms with Crippen molar-refractivity contribution in [3.05, 3.63) is 0 Å². The van der Waals surface area contributed by atoms with E-state index in [0.29, 0.717) is 0 Å². The number of ether oxygens (including phenoxy) is 2. The molecule has 0 aromatic rings. The number of aliphatic hydroxyl groups is 2. The van der Waals surface area contributed by atoms with Gasteiger partial charge in [0.25, 0.3) is 0 Å². The molecule has 4 nitrogen and oxygen atoms in total. The maximum absolute atomic E-state index is 8.50. The second-order valence-corrected chi connectivity index (χ2v) is 3.57. The summed E-state index contributed by atoms with van der Waals surface area (Å²) < 4.78 is 9.61. The van der Waals surface area contributed by atoms with Crippen molar-refractivity contribution in [3.63, 3.8) is 0 Å². The molecule has 0 aromatic heterocycles. The summed E-state index contributed by atoms with van der Waals surface area (Å²) in [6.45, 7) is 10.7. The predicted octanol–water partition coefficient (Wildman–Crippen LogP) is 1.50. The first-order valence-corrected chi connectivity index (χ1v) is 4.92. The van der Waals surface area contributed by atoms with Crippen molar-refractivity contribution in [2.24, 2.45) is 0 Å². The zero-order valence-electron chi connectivity index (χ0n) is 10.0. The van der Waals surface area contributed by atoms with Crippen molar-refractivity contribution >= 4 is 0 Å². The van der Waals surface area contributed by atoms with Crippen LogP contribution < -0.4 is 0 Å². The summed E-state index contributed by atoms with van der Waals surface area (Å²) in [5.41, 5.74) is 0. The molecule has 0 saturated heterocycles. The van der Waals surface area contributed by atoms with E-state index in [1.165, 1.54) is 0 Å². The van der Waals surface area contributed by atoms with Crippen molar-refractivity contribution in [2.45, 2.75) is 66.3 Å². The van der Waals surface area contributed by atoms with Gasteiger partial charge in [0.05, 0.1) is 12.2 Å². The van der Waals surface area contributed by atoms with Gasteiger partial charge in [0.15, 0.2) is 12.6 Å². The Kier molecular flexibility index (Phi) is 10.9. The maximum atomic E-state index is 8.50. The zero-order chi connectivity index (χ0) is 11.7. The topological polar surface area (TPSA) is 58.9 Å². The largest absolute Gasteiger partial charge is 0.368 e. The van der Waals surface area contributed by atoms with E-state index in [0.717, 1.165) is 0 Å². The van der Waals surface area contributed by atoms with Gasteiger partial charge in [-0.05, 0) is 41.5 Å². The molecule has 2 N–H and O–H groups in total. The Morgan fingerprint density at radius 2 is 0.857 bits per heavy atom. The summed E-state index contributed by atoms with van der Waals surface area (Å²) in [6, 6.07) is 0. The first-order chi connectivity index (χ1) is 6.25. The summed E-state index contributed by atoms with van der Waals surface area (Å²) in [7, 11) is 0. The Morgan fingerprint density at radius 3 is 0.857 bits per heavy atom. The lowest BCUT2D eigenvalue weighted by Crippen LogP contribution is -2.12. The molecule has 14 heavy (non-hydrogen) atoms. The minimum absolute atomic E-state index is 0.125. The van der Waals surface area contributed by atoms with E-state index in [-0.39, 0.29) is 12.2 Å². The average molecular weight is 208 g/mol. The van der Waals surface area contributed by atoms with Crippen LogP contribution in [-0.2, 0) is 9.47 Å². The number of hydrogen-bond acceptors (Lipinski definition) is 4. The van der Waals surface area contributed by atoms with Crippen LogP contribution in [0.5, 0.6) is 0 Å². The predicted molar refractivity (Wildman–Crippen MR) is 55.8 cm³/mol. The van der Waals surface area contributed by atoms with Crippen LogP contribution in [-0.4, -0.2) is 35.0 Å². The molecule has 0 bridgehead atoms. The molecule has 0 rings (SSSR count). The van der Waals surface area contributed by atoms with Gasteiger partial charge in [0.2, 0.25) is 0 Å². The Labute approximate surface area is 86.8 Å². The molecule has 0 aromatic carbocycles. The quantitative estimate of drug-likeness (QED) is 0.687. The fourth-order valence-electron chi connectivity index (χ4n) is 0.788. The Morgan fingerprint density at radius 1 is 0.643 bits per heavy atom. The van der Waals surface area contributed by atoms with E-state index in [9.17, 15) is 0 Å². The van der Waals surface area contributed by atoms with E-state index >= 15 is 0 Å². The van der Waals surface area contributed by atoms with Gasteiger partial charge in [-0.2, -0.15) is 0 Å². The Balaban J connectivity index is 0. The number of hydrogen-bond donors (Lipinski definition) is 2. The molecular formula is C10H24O4. The lowest BCUT2D eigenvalue weighted by molar-refractivity contribution is -0.112. The molecule has 0 aliphatic heterocycles. The van der Waals surface area contributed by atoms with Gasteiger partial charge in [-0.3, -0.25) is 0 Å². The van der Waals surface area contributed by atoms with Crippen LogP contribution in [0.2, 0.25) is 0 Å². The minimum atomic E-state index is -0.625. The van der Waals surface area contributed by atoms with E-state index in [4.69, 9.17) is 19.7 Å². The normalized spacial score (nSPS) is 15.0. The monoisotopic (exact) mass is 208 g/mol. The van der Waals surface area contributed by atoms with Gasteiger partial charge >= 0.3 is 0 Å². The van der Waals surface area contributed by atoms with Gasteiger partial charge in [0, 0.05) is 0 Å². The highest BCUT2D eigenvalue weighted by Crippen LogP contribution is 1.91. The summed E-state index contributed by atoms with van der Waals surface area (Å²) in [5, 5.41) is 17.0. The summed E-state index contributed by atoms with van der Waals surface area (Å²) in [6.07, 6.45) is -1.00. The fraction of sp³-hybridized carbons (Fsp3) is 1.00. The molecule has 2 unspecified atom stereocenters. The van der Waals surface area contributed by atoms with E-state index in [1.54, 1.807) is 13.8 Å². The van der Waals surface area contributed by atoms with Crippen LogP contribution in [0.4, 0.5) is 0 Å². The second-order valence-electron chi connectivity index (χ2n) is 3.57. The molecule has 0 aliphatic carbocycles. The molecule has 0 amide bonds. The molecule has 0 spiro atoms. The molecule has 0 saturated carbocycles. The van der Waals surface area contributed by atoms with Crippen LogP contribution in [0, 0.1) is 0 Å².